The van der Waals surface area contributed by atoms with Crippen molar-refractivity contribution in [2.75, 3.05) is 0 Å². The summed E-state index contributed by atoms with van der Waals surface area (Å²) in [5.41, 5.74) is 0.957. The number of aromatic nitrogens is 1. The van der Waals surface area contributed by atoms with E-state index in [2.05, 4.69) is 4.98 Å². The lowest BCUT2D eigenvalue weighted by atomic mass is 10.2. The molecule has 0 amide bonds. The molecule has 3 nitrogen and oxygen atoms in total. The highest BCUT2D eigenvalue weighted by molar-refractivity contribution is 5.39. The van der Waals surface area contributed by atoms with Crippen molar-refractivity contribution in [2.45, 2.75) is 6.92 Å². The zero-order valence-electron chi connectivity index (χ0n) is 8.34. The number of phenols is 1. The van der Waals surface area contributed by atoms with Gasteiger partial charge in [-0.1, -0.05) is 0 Å². The standard InChI is InChI=1S/C12H11NO2/c1-9-6-10(14)8-12(7-9)15-11-2-4-13-5-3-11/h2-8,14H,1H3. The highest BCUT2D eigenvalue weighted by Gasteiger charge is 1.99. The van der Waals surface area contributed by atoms with Gasteiger partial charge >= 0.3 is 0 Å². The molecular formula is C12H11NO2. The van der Waals surface area contributed by atoms with Crippen LogP contribution in [-0.4, -0.2) is 10.1 Å². The Kier molecular flexibility index (Phi) is 2.54. The molecule has 0 saturated heterocycles. The van der Waals surface area contributed by atoms with Gasteiger partial charge in [0.25, 0.3) is 0 Å². The Morgan fingerprint density at radius 3 is 2.47 bits per heavy atom. The van der Waals surface area contributed by atoms with Crippen LogP contribution in [0.25, 0.3) is 0 Å². The van der Waals surface area contributed by atoms with Gasteiger partial charge in [-0.15, -0.1) is 0 Å². The van der Waals surface area contributed by atoms with Gasteiger partial charge in [0.15, 0.2) is 0 Å². The topological polar surface area (TPSA) is 42.4 Å². The number of aryl methyl sites for hydroxylation is 1. The lowest BCUT2D eigenvalue weighted by Crippen LogP contribution is -1.85. The number of aromatic hydroxyl groups is 1. The molecule has 0 radical (unpaired) electrons. The minimum atomic E-state index is 0.207. The molecule has 1 aromatic heterocycles. The van der Waals surface area contributed by atoms with Crippen LogP contribution in [0.5, 0.6) is 17.2 Å². The summed E-state index contributed by atoms with van der Waals surface area (Å²) in [6.07, 6.45) is 3.32. The molecule has 3 heteroatoms. The first-order valence-electron chi connectivity index (χ1n) is 4.62. The molecule has 76 valence electrons. The van der Waals surface area contributed by atoms with Crippen molar-refractivity contribution in [3.05, 3.63) is 48.3 Å². The number of benzene rings is 1. The average Bonchev–Trinajstić information content (AvgIpc) is 2.17. The van der Waals surface area contributed by atoms with Crippen LogP contribution in [0.1, 0.15) is 5.56 Å². The minimum absolute atomic E-state index is 0.207. The fourth-order valence-corrected chi connectivity index (χ4v) is 1.33. The van der Waals surface area contributed by atoms with E-state index >= 15 is 0 Å². The van der Waals surface area contributed by atoms with E-state index in [-0.39, 0.29) is 5.75 Å². The smallest absolute Gasteiger partial charge is 0.131 e. The summed E-state index contributed by atoms with van der Waals surface area (Å²) in [5, 5.41) is 9.38. The van der Waals surface area contributed by atoms with E-state index in [1.807, 2.05) is 13.0 Å². The summed E-state index contributed by atoms with van der Waals surface area (Å²) in [4.78, 5) is 3.89. The van der Waals surface area contributed by atoms with Gasteiger partial charge in [-0.05, 0) is 36.8 Å². The fraction of sp³-hybridized carbons (Fsp3) is 0.0833. The normalized spacial score (nSPS) is 9.93. The number of ether oxygens (including phenoxy) is 1. The predicted molar refractivity (Wildman–Crippen MR) is 57.2 cm³/mol. The SMILES string of the molecule is Cc1cc(O)cc(Oc2ccncc2)c1. The van der Waals surface area contributed by atoms with Crippen molar-refractivity contribution >= 4 is 0 Å². The van der Waals surface area contributed by atoms with Crippen LogP contribution in [0.2, 0.25) is 0 Å². The van der Waals surface area contributed by atoms with Crippen LogP contribution < -0.4 is 4.74 Å². The van der Waals surface area contributed by atoms with Crippen LogP contribution in [-0.2, 0) is 0 Å². The van der Waals surface area contributed by atoms with E-state index in [4.69, 9.17) is 4.74 Å². The summed E-state index contributed by atoms with van der Waals surface area (Å²) >= 11 is 0. The molecule has 15 heavy (non-hydrogen) atoms. The van der Waals surface area contributed by atoms with E-state index in [1.165, 1.54) is 0 Å². The van der Waals surface area contributed by atoms with Crippen molar-refractivity contribution in [3.8, 4) is 17.2 Å². The summed E-state index contributed by atoms with van der Waals surface area (Å²) in [6.45, 7) is 1.90. The highest BCUT2D eigenvalue weighted by Crippen LogP contribution is 2.25. The van der Waals surface area contributed by atoms with Crippen molar-refractivity contribution < 1.29 is 9.84 Å². The first-order valence-corrected chi connectivity index (χ1v) is 4.62. The molecule has 0 aliphatic heterocycles. The number of hydrogen-bond donors (Lipinski definition) is 1. The van der Waals surface area contributed by atoms with Crippen LogP contribution >= 0.6 is 0 Å². The maximum absolute atomic E-state index is 9.38. The number of rotatable bonds is 2. The van der Waals surface area contributed by atoms with Crippen molar-refractivity contribution in [1.82, 2.24) is 4.98 Å². The Labute approximate surface area is 88.0 Å². The molecule has 0 spiro atoms. The number of hydrogen-bond acceptors (Lipinski definition) is 3. The third-order valence-corrected chi connectivity index (χ3v) is 1.92. The van der Waals surface area contributed by atoms with Gasteiger partial charge in [-0.3, -0.25) is 4.98 Å². The predicted octanol–water partition coefficient (Wildman–Crippen LogP) is 2.89. The van der Waals surface area contributed by atoms with Crippen LogP contribution in [0, 0.1) is 6.92 Å². The molecule has 0 saturated carbocycles. The van der Waals surface area contributed by atoms with Gasteiger partial charge < -0.3 is 9.84 Å². The maximum Gasteiger partial charge on any atom is 0.131 e. The molecule has 0 aliphatic carbocycles. The lowest BCUT2D eigenvalue weighted by Gasteiger charge is -2.06. The third kappa shape index (κ3) is 2.47. The molecule has 0 unspecified atom stereocenters. The number of phenolic OH excluding ortho intramolecular Hbond substituents is 1. The van der Waals surface area contributed by atoms with E-state index in [0.717, 1.165) is 5.56 Å². The summed E-state index contributed by atoms with van der Waals surface area (Å²) < 4.78 is 5.54. The monoisotopic (exact) mass is 201 g/mol. The van der Waals surface area contributed by atoms with E-state index in [0.29, 0.717) is 11.5 Å². The Balaban J connectivity index is 2.25. The summed E-state index contributed by atoms with van der Waals surface area (Å²) in [5.74, 6) is 1.53. The number of pyridine rings is 1. The van der Waals surface area contributed by atoms with Crippen LogP contribution in [0.3, 0.4) is 0 Å². The maximum atomic E-state index is 9.38. The summed E-state index contributed by atoms with van der Waals surface area (Å²) in [6, 6.07) is 8.64. The molecule has 0 atom stereocenters. The largest absolute Gasteiger partial charge is 0.508 e. The van der Waals surface area contributed by atoms with Gasteiger partial charge in [0.1, 0.15) is 17.2 Å². The van der Waals surface area contributed by atoms with Gasteiger partial charge in [0.2, 0.25) is 0 Å². The van der Waals surface area contributed by atoms with E-state index < -0.39 is 0 Å². The second-order valence-electron chi connectivity index (χ2n) is 3.29. The van der Waals surface area contributed by atoms with Crippen molar-refractivity contribution in [1.29, 1.82) is 0 Å². The van der Waals surface area contributed by atoms with Crippen molar-refractivity contribution in [2.24, 2.45) is 0 Å². The van der Waals surface area contributed by atoms with E-state index in [1.54, 1.807) is 36.7 Å². The molecule has 0 aliphatic rings. The Hall–Kier alpha value is -2.03. The average molecular weight is 201 g/mol. The molecule has 1 N–H and O–H groups in total. The van der Waals surface area contributed by atoms with Gasteiger partial charge in [-0.25, -0.2) is 0 Å². The Bertz CT molecular complexity index is 434. The van der Waals surface area contributed by atoms with Crippen LogP contribution in [0.15, 0.2) is 42.7 Å². The molecule has 1 heterocycles. The Morgan fingerprint density at radius 1 is 1.07 bits per heavy atom. The summed E-state index contributed by atoms with van der Waals surface area (Å²) in [7, 11) is 0. The Morgan fingerprint density at radius 2 is 1.80 bits per heavy atom. The molecule has 0 bridgehead atoms. The van der Waals surface area contributed by atoms with Gasteiger partial charge in [0.05, 0.1) is 0 Å². The zero-order valence-corrected chi connectivity index (χ0v) is 8.34. The quantitative estimate of drug-likeness (QED) is 0.812. The lowest BCUT2D eigenvalue weighted by molar-refractivity contribution is 0.454. The van der Waals surface area contributed by atoms with Crippen molar-refractivity contribution in [3.63, 3.8) is 0 Å². The molecular weight excluding hydrogens is 190 g/mol. The fourth-order valence-electron chi connectivity index (χ4n) is 1.33. The molecule has 2 aromatic rings. The molecule has 0 fully saturated rings. The molecule has 2 rings (SSSR count). The number of nitrogens with zero attached hydrogens (tertiary/aromatic N) is 1. The second-order valence-corrected chi connectivity index (χ2v) is 3.29. The second kappa shape index (κ2) is 4.00. The minimum Gasteiger partial charge on any atom is -0.508 e. The first kappa shape index (κ1) is 9.52. The zero-order chi connectivity index (χ0) is 10.7. The third-order valence-electron chi connectivity index (χ3n) is 1.92. The van der Waals surface area contributed by atoms with Crippen LogP contribution in [0.4, 0.5) is 0 Å². The van der Waals surface area contributed by atoms with Gasteiger partial charge in [-0.2, -0.15) is 0 Å². The molecule has 1 aromatic carbocycles. The van der Waals surface area contributed by atoms with Gasteiger partial charge in [0, 0.05) is 18.5 Å². The highest BCUT2D eigenvalue weighted by atomic mass is 16.5. The first-order chi connectivity index (χ1) is 7.24. The van der Waals surface area contributed by atoms with E-state index in [9.17, 15) is 5.11 Å².